The van der Waals surface area contributed by atoms with Crippen molar-refractivity contribution in [2.75, 3.05) is 0 Å². The highest BCUT2D eigenvalue weighted by Crippen LogP contribution is 2.47. The molecule has 1 spiro atoms. The number of Topliss-reactive ketones (excluding diaryl/α,β-unsaturated/α-hetero) is 3. The van der Waals surface area contributed by atoms with Crippen LogP contribution in [0.3, 0.4) is 0 Å². The van der Waals surface area contributed by atoms with Gasteiger partial charge in [-0.2, -0.15) is 0 Å². The number of allylic oxidation sites excluding steroid dienone is 4. The number of ether oxygens (including phenoxy) is 3. The zero-order valence-corrected chi connectivity index (χ0v) is 36.0. The third-order valence-corrected chi connectivity index (χ3v) is 13.2. The summed E-state index contributed by atoms with van der Waals surface area (Å²) >= 11 is 0. The van der Waals surface area contributed by atoms with Crippen molar-refractivity contribution in [2.45, 2.75) is 169 Å². The predicted octanol–water partition coefficient (Wildman–Crippen LogP) is 5.06. The lowest BCUT2D eigenvalue weighted by molar-refractivity contribution is -0.344. The Morgan fingerprint density at radius 3 is 2.09 bits per heavy atom. The lowest BCUT2D eigenvalue weighted by Crippen LogP contribution is -2.66. The summed E-state index contributed by atoms with van der Waals surface area (Å²) in [7, 11) is 0. The van der Waals surface area contributed by atoms with Crippen LogP contribution in [0, 0.1) is 53.3 Å². The summed E-state index contributed by atoms with van der Waals surface area (Å²) in [5.41, 5.74) is -2.21. The zero-order valence-electron chi connectivity index (χ0n) is 36.0. The summed E-state index contributed by atoms with van der Waals surface area (Å²) in [5, 5.41) is 55.0. The van der Waals surface area contributed by atoms with Gasteiger partial charge in [0.25, 0.3) is 0 Å². The van der Waals surface area contributed by atoms with Gasteiger partial charge in [0.1, 0.15) is 17.5 Å². The van der Waals surface area contributed by atoms with Crippen molar-refractivity contribution in [3.63, 3.8) is 0 Å². The summed E-state index contributed by atoms with van der Waals surface area (Å²) in [6, 6.07) is 0. The van der Waals surface area contributed by atoms with Crippen LogP contribution in [-0.2, 0) is 33.4 Å². The van der Waals surface area contributed by atoms with Crippen LogP contribution in [0.4, 0.5) is 0 Å². The van der Waals surface area contributed by atoms with Crippen LogP contribution in [0.2, 0.25) is 0 Å². The second-order valence-corrected chi connectivity index (χ2v) is 17.9. The molecule has 18 atom stereocenters. The number of rotatable bonds is 3. The third-order valence-electron chi connectivity index (χ3n) is 13.2. The fraction of sp³-hybridized carbons (Fsp3) is 0.778. The minimum atomic E-state index is -2.21. The molecular weight excluding hydrogens is 732 g/mol. The minimum Gasteiger partial charge on any atom is -0.458 e. The molecule has 12 heteroatoms. The molecule has 2 fully saturated rings. The summed E-state index contributed by atoms with van der Waals surface area (Å²) in [4.78, 5) is 54.5. The number of aliphatic hydroxyl groups excluding tert-OH is 4. The molecule has 0 aromatic heterocycles. The molecule has 0 amide bonds. The lowest BCUT2D eigenvalue weighted by Gasteiger charge is -2.54. The summed E-state index contributed by atoms with van der Waals surface area (Å²) in [6.45, 7) is 18.3. The number of carbonyl (C=O) groups excluding carboxylic acids is 4. The molecule has 2 unspecified atom stereocenters. The second-order valence-electron chi connectivity index (χ2n) is 17.9. The van der Waals surface area contributed by atoms with Crippen LogP contribution in [0.1, 0.15) is 115 Å². The molecule has 3 aliphatic heterocycles. The van der Waals surface area contributed by atoms with Gasteiger partial charge in [0.15, 0.2) is 11.6 Å². The number of hydrogen-bond donors (Lipinski definition) is 5. The van der Waals surface area contributed by atoms with Gasteiger partial charge in [0, 0.05) is 42.1 Å². The molecule has 0 saturated carbocycles. The van der Waals surface area contributed by atoms with Gasteiger partial charge in [-0.05, 0) is 63.7 Å². The van der Waals surface area contributed by atoms with Crippen molar-refractivity contribution in [3.8, 4) is 0 Å². The number of fused-ring (bicyclic) bond motifs is 2. The van der Waals surface area contributed by atoms with E-state index in [2.05, 4.69) is 13.0 Å². The van der Waals surface area contributed by atoms with Crippen molar-refractivity contribution < 1.29 is 58.9 Å². The SMILES string of the molecule is CC[C@@H]1/C=C\C=C\C[C@H](C)[C@@H](O)[C@](C)(O)C(=O)[C@H](C)[C@@H](O)[C@H](C)C(=O)[C@H](C)[C@@H](O)[C@H](C)/C=C/C(=O)OC2[C@@H](C)C(CC1)O[C@]1(O[C@H](C[C@H](C)O)[C@H](C)CC1=O)[C@@H]2C. The van der Waals surface area contributed by atoms with Crippen molar-refractivity contribution in [2.24, 2.45) is 53.3 Å². The monoisotopic (exact) mass is 805 g/mol. The van der Waals surface area contributed by atoms with E-state index in [-0.39, 0.29) is 30.0 Å². The van der Waals surface area contributed by atoms with Crippen molar-refractivity contribution >= 4 is 23.3 Å². The molecule has 5 N–H and O–H groups in total. The number of ketones is 3. The van der Waals surface area contributed by atoms with Crippen LogP contribution in [0.25, 0.3) is 0 Å². The van der Waals surface area contributed by atoms with Crippen LogP contribution < -0.4 is 0 Å². The van der Waals surface area contributed by atoms with E-state index < -0.39 is 107 Å². The summed E-state index contributed by atoms with van der Waals surface area (Å²) in [5.74, 6) is -9.55. The summed E-state index contributed by atoms with van der Waals surface area (Å²) < 4.78 is 19.4. The highest BCUT2D eigenvalue weighted by molar-refractivity contribution is 5.91. The molecule has 3 heterocycles. The molecule has 3 rings (SSSR count). The highest BCUT2D eigenvalue weighted by Gasteiger charge is 2.61. The maximum absolute atomic E-state index is 14.0. The largest absolute Gasteiger partial charge is 0.458 e. The van der Waals surface area contributed by atoms with E-state index in [1.54, 1.807) is 27.7 Å². The van der Waals surface area contributed by atoms with Gasteiger partial charge in [-0.3, -0.25) is 14.4 Å². The van der Waals surface area contributed by atoms with Gasteiger partial charge < -0.3 is 39.7 Å². The Morgan fingerprint density at radius 1 is 0.842 bits per heavy atom. The maximum atomic E-state index is 14.0. The molecular formula is C45H72O12. The molecule has 324 valence electrons. The Labute approximate surface area is 340 Å². The molecule has 57 heavy (non-hydrogen) atoms. The van der Waals surface area contributed by atoms with Crippen molar-refractivity contribution in [3.05, 3.63) is 36.5 Å². The van der Waals surface area contributed by atoms with E-state index in [0.29, 0.717) is 25.7 Å². The van der Waals surface area contributed by atoms with Crippen LogP contribution in [-0.4, -0.2) is 103 Å². The Bertz CT molecular complexity index is 1470. The van der Waals surface area contributed by atoms with E-state index in [1.165, 1.54) is 39.8 Å². The van der Waals surface area contributed by atoms with Gasteiger partial charge in [-0.15, -0.1) is 0 Å². The number of hydrogen-bond acceptors (Lipinski definition) is 12. The standard InChI is InChI=1S/C45H72O12/c1-12-33-17-15-13-14-16-25(3)42(52)44(11,54)43(53)31(9)40(51)30(8)39(50)29(7)38(49)24(2)18-21-37(48)55-41-28(6)34(20-19-33)56-45(32(41)10)36(47)22-26(4)35(57-45)23-27(5)46/h13-15,17-18,21,24-35,38,40-42,46,49,51-52,54H,12,16,19-20,22-23H2,1-11H3/b14-13+,17-15-,21-18+/t24-,25+,26-,27+,28+,29-,30-,31-,32-,33-,34?,35-,38+,40+,41?,42-,44+,45+/m1/s1. The first kappa shape index (κ1) is 48.8. The average molecular weight is 805 g/mol. The molecule has 0 radical (unpaired) electrons. The predicted molar refractivity (Wildman–Crippen MR) is 215 cm³/mol. The number of aliphatic hydroxyl groups is 5. The Hall–Kier alpha value is -2.58. The first-order valence-electron chi connectivity index (χ1n) is 21.1. The molecule has 12 nitrogen and oxygen atoms in total. The Balaban J connectivity index is 2.02. The van der Waals surface area contributed by atoms with Crippen molar-refractivity contribution in [1.29, 1.82) is 0 Å². The van der Waals surface area contributed by atoms with E-state index in [1.807, 2.05) is 32.1 Å². The van der Waals surface area contributed by atoms with E-state index >= 15 is 0 Å². The molecule has 2 bridgehead atoms. The smallest absolute Gasteiger partial charge is 0.330 e. The zero-order chi connectivity index (χ0) is 43.2. The summed E-state index contributed by atoms with van der Waals surface area (Å²) in [6.07, 6.45) is 6.53. The lowest BCUT2D eigenvalue weighted by atomic mass is 9.74. The highest BCUT2D eigenvalue weighted by atomic mass is 16.7. The quantitative estimate of drug-likeness (QED) is 0.238. The third kappa shape index (κ3) is 11.4. The topological polar surface area (TPSA) is 197 Å². The fourth-order valence-corrected chi connectivity index (χ4v) is 8.91. The maximum Gasteiger partial charge on any atom is 0.330 e. The molecule has 0 aliphatic carbocycles. The van der Waals surface area contributed by atoms with Gasteiger partial charge in [-0.1, -0.05) is 92.7 Å². The fourth-order valence-electron chi connectivity index (χ4n) is 8.91. The molecule has 0 aromatic rings. The first-order valence-corrected chi connectivity index (χ1v) is 21.1. The van der Waals surface area contributed by atoms with Gasteiger partial charge in [0.05, 0.1) is 42.5 Å². The Kier molecular flexibility index (Phi) is 17.6. The van der Waals surface area contributed by atoms with Gasteiger partial charge in [0.2, 0.25) is 5.79 Å². The normalized spacial score (nSPS) is 46.2. The second kappa shape index (κ2) is 20.6. The average Bonchev–Trinajstić information content (AvgIpc) is 3.16. The number of carbonyl (C=O) groups is 4. The van der Waals surface area contributed by atoms with Crippen molar-refractivity contribution in [1.82, 2.24) is 0 Å². The van der Waals surface area contributed by atoms with E-state index in [0.717, 1.165) is 6.42 Å². The van der Waals surface area contributed by atoms with Crippen LogP contribution in [0.5, 0.6) is 0 Å². The first-order chi connectivity index (χ1) is 26.5. The van der Waals surface area contributed by atoms with E-state index in [9.17, 15) is 44.7 Å². The molecule has 0 aromatic carbocycles. The van der Waals surface area contributed by atoms with Crippen LogP contribution >= 0.6 is 0 Å². The van der Waals surface area contributed by atoms with Gasteiger partial charge in [-0.25, -0.2) is 4.79 Å². The van der Waals surface area contributed by atoms with Gasteiger partial charge >= 0.3 is 5.97 Å². The molecule has 2 saturated heterocycles. The van der Waals surface area contributed by atoms with Crippen LogP contribution in [0.15, 0.2) is 36.5 Å². The number of esters is 1. The minimum absolute atomic E-state index is 0.132. The molecule has 3 aliphatic rings. The Morgan fingerprint density at radius 2 is 1.47 bits per heavy atom. The van der Waals surface area contributed by atoms with E-state index in [4.69, 9.17) is 14.2 Å².